The number of fused-ring (bicyclic) bond motifs is 3. The zero-order valence-electron chi connectivity index (χ0n) is 26.5. The van der Waals surface area contributed by atoms with E-state index in [1.807, 2.05) is 0 Å². The van der Waals surface area contributed by atoms with E-state index in [1.165, 1.54) is 88.0 Å². The Hall–Kier alpha value is -6.24. The standard InChI is InChI=1S/C48H32/c1-3-12-33(13-4-1)35-22-26-37(27-23-35)47-43-18-7-9-20-45(43)48(46-21-10-8-19-44(46)47)41-29-25-36-24-28-40(31-42(36)32-41)39-17-11-16-38(30-39)34-14-5-2-6-15-34/h1-32H. The van der Waals surface area contributed by atoms with Crippen LogP contribution >= 0.6 is 0 Å². The molecule has 0 heteroatoms. The van der Waals surface area contributed by atoms with Gasteiger partial charge in [0.1, 0.15) is 0 Å². The Labute approximate surface area is 281 Å². The monoisotopic (exact) mass is 608 g/mol. The van der Waals surface area contributed by atoms with Gasteiger partial charge in [0, 0.05) is 0 Å². The fourth-order valence-electron chi connectivity index (χ4n) is 7.30. The summed E-state index contributed by atoms with van der Waals surface area (Å²) in [4.78, 5) is 0. The van der Waals surface area contributed by atoms with Crippen molar-refractivity contribution in [3.8, 4) is 55.6 Å². The summed E-state index contributed by atoms with van der Waals surface area (Å²) in [6.45, 7) is 0. The molecule has 9 aromatic carbocycles. The maximum atomic E-state index is 2.38. The number of benzene rings is 9. The Kier molecular flexibility index (Phi) is 6.91. The van der Waals surface area contributed by atoms with Gasteiger partial charge in [0.15, 0.2) is 0 Å². The van der Waals surface area contributed by atoms with E-state index in [2.05, 4.69) is 194 Å². The summed E-state index contributed by atoms with van der Waals surface area (Å²) >= 11 is 0. The Balaban J connectivity index is 1.19. The SMILES string of the molecule is c1ccc(-c2ccc(-c3c4ccccc4c(-c4ccc5ccc(-c6cccc(-c7ccccc7)c6)cc5c4)c4ccccc34)cc2)cc1. The van der Waals surface area contributed by atoms with E-state index in [4.69, 9.17) is 0 Å². The predicted octanol–water partition coefficient (Wildman–Crippen LogP) is 13.5. The molecule has 0 aliphatic carbocycles. The average Bonchev–Trinajstić information content (AvgIpc) is 3.17. The van der Waals surface area contributed by atoms with Crippen molar-refractivity contribution < 1.29 is 0 Å². The van der Waals surface area contributed by atoms with Gasteiger partial charge in [-0.05, 0) is 106 Å². The Morgan fingerprint density at radius 2 is 0.542 bits per heavy atom. The van der Waals surface area contributed by atoms with Crippen LogP contribution in [0.5, 0.6) is 0 Å². The smallest absolute Gasteiger partial charge is 0.00262 e. The van der Waals surface area contributed by atoms with Gasteiger partial charge in [-0.25, -0.2) is 0 Å². The number of hydrogen-bond acceptors (Lipinski definition) is 0. The van der Waals surface area contributed by atoms with Crippen LogP contribution in [-0.4, -0.2) is 0 Å². The molecule has 48 heavy (non-hydrogen) atoms. The molecule has 0 aliphatic rings. The van der Waals surface area contributed by atoms with Crippen LogP contribution in [0.4, 0.5) is 0 Å². The van der Waals surface area contributed by atoms with Crippen molar-refractivity contribution >= 4 is 32.3 Å². The van der Waals surface area contributed by atoms with E-state index in [1.54, 1.807) is 0 Å². The molecule has 0 radical (unpaired) electrons. The largest absolute Gasteiger partial charge is 0.0622 e. The minimum atomic E-state index is 1.22. The highest BCUT2D eigenvalue weighted by atomic mass is 14.2. The van der Waals surface area contributed by atoms with Gasteiger partial charge in [-0.15, -0.1) is 0 Å². The van der Waals surface area contributed by atoms with E-state index >= 15 is 0 Å². The van der Waals surface area contributed by atoms with Gasteiger partial charge in [0.2, 0.25) is 0 Å². The molecule has 0 amide bonds. The molecule has 0 nitrogen and oxygen atoms in total. The normalized spacial score (nSPS) is 11.3. The lowest BCUT2D eigenvalue weighted by molar-refractivity contribution is 1.60. The van der Waals surface area contributed by atoms with Gasteiger partial charge < -0.3 is 0 Å². The quantitative estimate of drug-likeness (QED) is 0.171. The Bertz CT molecular complexity index is 2520. The van der Waals surface area contributed by atoms with Crippen molar-refractivity contribution in [1.29, 1.82) is 0 Å². The molecule has 0 unspecified atom stereocenters. The number of hydrogen-bond donors (Lipinski definition) is 0. The Morgan fingerprint density at radius 1 is 0.188 bits per heavy atom. The lowest BCUT2D eigenvalue weighted by atomic mass is 9.85. The van der Waals surface area contributed by atoms with Gasteiger partial charge in [-0.3, -0.25) is 0 Å². The van der Waals surface area contributed by atoms with Crippen LogP contribution in [0.25, 0.3) is 88.0 Å². The summed E-state index contributed by atoms with van der Waals surface area (Å²) in [7, 11) is 0. The summed E-state index contributed by atoms with van der Waals surface area (Å²) in [5, 5.41) is 7.55. The van der Waals surface area contributed by atoms with Crippen molar-refractivity contribution in [3.63, 3.8) is 0 Å². The second kappa shape index (κ2) is 11.8. The van der Waals surface area contributed by atoms with Crippen LogP contribution in [0.1, 0.15) is 0 Å². The summed E-state index contributed by atoms with van der Waals surface area (Å²) in [6, 6.07) is 70.7. The molecule has 0 aromatic heterocycles. The molecule has 0 heterocycles. The molecule has 9 rings (SSSR count). The molecule has 0 saturated carbocycles. The first-order chi connectivity index (χ1) is 23.8. The highest BCUT2D eigenvalue weighted by Gasteiger charge is 2.17. The third kappa shape index (κ3) is 4.96. The minimum Gasteiger partial charge on any atom is -0.0622 e. The molecular weight excluding hydrogens is 577 g/mol. The van der Waals surface area contributed by atoms with E-state index in [0.29, 0.717) is 0 Å². The molecule has 0 bridgehead atoms. The molecular formula is C48H32. The van der Waals surface area contributed by atoms with E-state index in [0.717, 1.165) is 0 Å². The zero-order chi connectivity index (χ0) is 31.9. The highest BCUT2D eigenvalue weighted by molar-refractivity contribution is 6.21. The third-order valence-corrected chi connectivity index (χ3v) is 9.64. The summed E-state index contributed by atoms with van der Waals surface area (Å²) < 4.78 is 0. The maximum absolute atomic E-state index is 2.38. The summed E-state index contributed by atoms with van der Waals surface area (Å²) in [5.74, 6) is 0. The summed E-state index contributed by atoms with van der Waals surface area (Å²) in [5.41, 5.74) is 12.4. The zero-order valence-corrected chi connectivity index (χ0v) is 26.5. The van der Waals surface area contributed by atoms with Gasteiger partial charge >= 0.3 is 0 Å². The maximum Gasteiger partial charge on any atom is -0.00262 e. The number of rotatable bonds is 5. The topological polar surface area (TPSA) is 0 Å². The lowest BCUT2D eigenvalue weighted by Crippen LogP contribution is -1.91. The van der Waals surface area contributed by atoms with Gasteiger partial charge in [0.05, 0.1) is 0 Å². The van der Waals surface area contributed by atoms with Crippen molar-refractivity contribution in [1.82, 2.24) is 0 Å². The molecule has 224 valence electrons. The van der Waals surface area contributed by atoms with Crippen LogP contribution in [0, 0.1) is 0 Å². The van der Waals surface area contributed by atoms with Gasteiger partial charge in [-0.1, -0.05) is 176 Å². The van der Waals surface area contributed by atoms with Crippen LogP contribution < -0.4 is 0 Å². The van der Waals surface area contributed by atoms with Crippen LogP contribution in [0.3, 0.4) is 0 Å². The molecule has 0 fully saturated rings. The van der Waals surface area contributed by atoms with Crippen molar-refractivity contribution in [2.75, 3.05) is 0 Å². The van der Waals surface area contributed by atoms with E-state index in [9.17, 15) is 0 Å². The van der Waals surface area contributed by atoms with Crippen LogP contribution in [0.2, 0.25) is 0 Å². The first kappa shape index (κ1) is 28.0. The van der Waals surface area contributed by atoms with Gasteiger partial charge in [0.25, 0.3) is 0 Å². The third-order valence-electron chi connectivity index (χ3n) is 9.64. The molecule has 0 N–H and O–H groups in total. The van der Waals surface area contributed by atoms with Crippen LogP contribution in [0.15, 0.2) is 194 Å². The van der Waals surface area contributed by atoms with Crippen molar-refractivity contribution in [2.45, 2.75) is 0 Å². The highest BCUT2D eigenvalue weighted by Crippen LogP contribution is 2.44. The second-order valence-electron chi connectivity index (χ2n) is 12.5. The Morgan fingerprint density at radius 3 is 1.12 bits per heavy atom. The molecule has 0 atom stereocenters. The summed E-state index contributed by atoms with van der Waals surface area (Å²) in [6.07, 6.45) is 0. The molecule has 0 saturated heterocycles. The molecule has 9 aromatic rings. The van der Waals surface area contributed by atoms with Crippen LogP contribution in [-0.2, 0) is 0 Å². The fourth-order valence-corrected chi connectivity index (χ4v) is 7.30. The first-order valence-electron chi connectivity index (χ1n) is 16.6. The minimum absolute atomic E-state index is 1.22. The molecule has 0 aliphatic heterocycles. The van der Waals surface area contributed by atoms with Crippen molar-refractivity contribution in [3.05, 3.63) is 194 Å². The van der Waals surface area contributed by atoms with Crippen molar-refractivity contribution in [2.24, 2.45) is 0 Å². The first-order valence-corrected chi connectivity index (χ1v) is 16.6. The van der Waals surface area contributed by atoms with E-state index < -0.39 is 0 Å². The fraction of sp³-hybridized carbons (Fsp3) is 0. The average molecular weight is 609 g/mol. The predicted molar refractivity (Wildman–Crippen MR) is 206 cm³/mol. The van der Waals surface area contributed by atoms with Gasteiger partial charge in [-0.2, -0.15) is 0 Å². The molecule has 0 spiro atoms. The van der Waals surface area contributed by atoms with E-state index in [-0.39, 0.29) is 0 Å². The second-order valence-corrected chi connectivity index (χ2v) is 12.5. The lowest BCUT2D eigenvalue weighted by Gasteiger charge is -2.18.